The van der Waals surface area contributed by atoms with E-state index in [1.165, 1.54) is 16.8 Å². The molecule has 5 N–H and O–H groups in total. The molecule has 1 amide bonds. The Kier molecular flexibility index (Phi) is 3.39. The molecule has 1 aromatic heterocycles. The Balaban J connectivity index is 2.25. The van der Waals surface area contributed by atoms with Gasteiger partial charge in [-0.3, -0.25) is 9.48 Å². The van der Waals surface area contributed by atoms with Crippen molar-refractivity contribution in [3.8, 4) is 11.5 Å². The summed E-state index contributed by atoms with van der Waals surface area (Å²) >= 11 is 0. The predicted octanol–water partition coefficient (Wildman–Crippen LogP) is 0.542. The van der Waals surface area contributed by atoms with E-state index in [2.05, 4.69) is 10.4 Å². The molecule has 19 heavy (non-hydrogen) atoms. The maximum atomic E-state index is 12.0. The summed E-state index contributed by atoms with van der Waals surface area (Å²) in [4.78, 5) is 12.0. The first kappa shape index (κ1) is 12.9. The Morgan fingerprint density at radius 1 is 1.47 bits per heavy atom. The van der Waals surface area contributed by atoms with E-state index >= 15 is 0 Å². The monoisotopic (exact) mass is 262 g/mol. The van der Waals surface area contributed by atoms with Gasteiger partial charge in [-0.05, 0) is 12.1 Å². The van der Waals surface area contributed by atoms with Gasteiger partial charge in [0.15, 0.2) is 5.82 Å². The standard InChI is InChI=1S/C12H14N4O3/c1-16-6-7(5-13)11(15-16)14-12(19)9-3-2-8(17)4-10(9)18/h2-4,6,17-18H,5,13H2,1H3,(H,14,15,19). The van der Waals surface area contributed by atoms with Crippen LogP contribution in [0.2, 0.25) is 0 Å². The summed E-state index contributed by atoms with van der Waals surface area (Å²) in [5, 5.41) is 25.4. The Morgan fingerprint density at radius 3 is 2.84 bits per heavy atom. The van der Waals surface area contributed by atoms with E-state index in [1.807, 2.05) is 0 Å². The van der Waals surface area contributed by atoms with Gasteiger partial charge in [0.1, 0.15) is 11.5 Å². The van der Waals surface area contributed by atoms with E-state index in [4.69, 9.17) is 5.73 Å². The number of anilines is 1. The van der Waals surface area contributed by atoms with E-state index in [0.717, 1.165) is 6.07 Å². The van der Waals surface area contributed by atoms with E-state index in [1.54, 1.807) is 13.2 Å². The minimum atomic E-state index is -0.522. The molecular formula is C12H14N4O3. The van der Waals surface area contributed by atoms with Crippen molar-refractivity contribution in [2.75, 3.05) is 5.32 Å². The molecule has 0 bridgehead atoms. The van der Waals surface area contributed by atoms with Crippen molar-refractivity contribution in [1.29, 1.82) is 0 Å². The average molecular weight is 262 g/mol. The quantitative estimate of drug-likeness (QED) is 0.644. The number of carbonyl (C=O) groups excluding carboxylic acids is 1. The highest BCUT2D eigenvalue weighted by Crippen LogP contribution is 2.23. The molecule has 0 fully saturated rings. The summed E-state index contributed by atoms with van der Waals surface area (Å²) < 4.78 is 1.54. The maximum absolute atomic E-state index is 12.0. The lowest BCUT2D eigenvalue weighted by Crippen LogP contribution is -2.14. The number of phenols is 2. The van der Waals surface area contributed by atoms with Crippen molar-refractivity contribution in [1.82, 2.24) is 9.78 Å². The molecule has 0 unspecified atom stereocenters. The maximum Gasteiger partial charge on any atom is 0.260 e. The number of hydrogen-bond acceptors (Lipinski definition) is 5. The third-order valence-electron chi connectivity index (χ3n) is 2.58. The molecule has 7 heteroatoms. The number of aromatic hydroxyl groups is 2. The average Bonchev–Trinajstić information content (AvgIpc) is 2.69. The first-order valence-electron chi connectivity index (χ1n) is 5.57. The Bertz CT molecular complexity index is 621. The lowest BCUT2D eigenvalue weighted by atomic mass is 10.1. The second-order valence-corrected chi connectivity index (χ2v) is 4.04. The lowest BCUT2D eigenvalue weighted by molar-refractivity contribution is 0.102. The summed E-state index contributed by atoms with van der Waals surface area (Å²) in [7, 11) is 1.72. The van der Waals surface area contributed by atoms with Gasteiger partial charge in [0.25, 0.3) is 5.91 Å². The fourth-order valence-electron chi connectivity index (χ4n) is 1.68. The summed E-state index contributed by atoms with van der Waals surface area (Å²) in [5.41, 5.74) is 6.28. The zero-order chi connectivity index (χ0) is 14.0. The number of nitrogens with one attached hydrogen (secondary N) is 1. The Labute approximate surface area is 109 Å². The van der Waals surface area contributed by atoms with Gasteiger partial charge < -0.3 is 21.3 Å². The molecule has 0 spiro atoms. The summed E-state index contributed by atoms with van der Waals surface area (Å²) in [5.74, 6) is -0.592. The molecule has 0 radical (unpaired) electrons. The van der Waals surface area contributed by atoms with Crippen molar-refractivity contribution in [2.45, 2.75) is 6.54 Å². The lowest BCUT2D eigenvalue weighted by Gasteiger charge is -2.06. The topological polar surface area (TPSA) is 113 Å². The molecule has 0 saturated heterocycles. The second-order valence-electron chi connectivity index (χ2n) is 4.04. The number of benzene rings is 1. The third kappa shape index (κ3) is 2.66. The summed E-state index contributed by atoms with van der Waals surface area (Å²) in [6, 6.07) is 3.74. The fourth-order valence-corrected chi connectivity index (χ4v) is 1.68. The number of phenolic OH excluding ortho intramolecular Hbond substituents is 2. The van der Waals surface area contributed by atoms with Gasteiger partial charge >= 0.3 is 0 Å². The van der Waals surface area contributed by atoms with Crippen LogP contribution >= 0.6 is 0 Å². The largest absolute Gasteiger partial charge is 0.508 e. The van der Waals surface area contributed by atoms with Gasteiger partial charge in [0, 0.05) is 31.4 Å². The van der Waals surface area contributed by atoms with Crippen molar-refractivity contribution >= 4 is 11.7 Å². The highest BCUT2D eigenvalue weighted by atomic mass is 16.3. The molecule has 100 valence electrons. The van der Waals surface area contributed by atoms with Crippen LogP contribution in [0.4, 0.5) is 5.82 Å². The van der Waals surface area contributed by atoms with Gasteiger partial charge in [-0.25, -0.2) is 0 Å². The molecule has 0 atom stereocenters. The molecular weight excluding hydrogens is 248 g/mol. The first-order valence-corrected chi connectivity index (χ1v) is 5.57. The van der Waals surface area contributed by atoms with Crippen molar-refractivity contribution in [3.63, 3.8) is 0 Å². The SMILES string of the molecule is Cn1cc(CN)c(NC(=O)c2ccc(O)cc2O)n1. The highest BCUT2D eigenvalue weighted by Gasteiger charge is 2.15. The van der Waals surface area contributed by atoms with Crippen molar-refractivity contribution in [3.05, 3.63) is 35.5 Å². The zero-order valence-corrected chi connectivity index (χ0v) is 10.3. The van der Waals surface area contributed by atoms with Crippen molar-refractivity contribution in [2.24, 2.45) is 12.8 Å². The van der Waals surface area contributed by atoms with E-state index in [-0.39, 0.29) is 23.6 Å². The molecule has 2 aromatic rings. The number of amides is 1. The van der Waals surface area contributed by atoms with Gasteiger partial charge in [-0.2, -0.15) is 5.10 Å². The smallest absolute Gasteiger partial charge is 0.260 e. The number of rotatable bonds is 3. The normalized spacial score (nSPS) is 10.4. The molecule has 2 rings (SSSR count). The van der Waals surface area contributed by atoms with Crippen LogP contribution in [0.1, 0.15) is 15.9 Å². The highest BCUT2D eigenvalue weighted by molar-refractivity contribution is 6.06. The van der Waals surface area contributed by atoms with Crippen molar-refractivity contribution < 1.29 is 15.0 Å². The molecule has 0 aliphatic heterocycles. The third-order valence-corrected chi connectivity index (χ3v) is 2.58. The summed E-state index contributed by atoms with van der Waals surface area (Å²) in [6.07, 6.45) is 1.70. The molecule has 0 saturated carbocycles. The van der Waals surface area contributed by atoms with Crippen LogP contribution in [0.15, 0.2) is 24.4 Å². The van der Waals surface area contributed by atoms with Crippen LogP contribution in [-0.2, 0) is 13.6 Å². The molecule has 1 heterocycles. The minimum Gasteiger partial charge on any atom is -0.508 e. The van der Waals surface area contributed by atoms with Gasteiger partial charge in [0.05, 0.1) is 5.56 Å². The van der Waals surface area contributed by atoms with Crippen LogP contribution < -0.4 is 11.1 Å². The Hall–Kier alpha value is -2.54. The predicted molar refractivity (Wildman–Crippen MR) is 68.8 cm³/mol. The molecule has 1 aromatic carbocycles. The van der Waals surface area contributed by atoms with E-state index < -0.39 is 5.91 Å². The van der Waals surface area contributed by atoms with Gasteiger partial charge in [-0.15, -0.1) is 0 Å². The molecule has 0 aliphatic rings. The van der Waals surface area contributed by atoms with Gasteiger partial charge in [-0.1, -0.05) is 0 Å². The fraction of sp³-hybridized carbons (Fsp3) is 0.167. The van der Waals surface area contributed by atoms with Crippen LogP contribution in [0.3, 0.4) is 0 Å². The number of nitrogens with zero attached hydrogens (tertiary/aromatic N) is 2. The number of hydrogen-bond donors (Lipinski definition) is 4. The molecule has 0 aliphatic carbocycles. The van der Waals surface area contributed by atoms with Crippen LogP contribution in [0.5, 0.6) is 11.5 Å². The number of carbonyl (C=O) groups is 1. The zero-order valence-electron chi connectivity index (χ0n) is 10.3. The van der Waals surface area contributed by atoms with Crippen LogP contribution in [0.25, 0.3) is 0 Å². The number of aromatic nitrogens is 2. The first-order chi connectivity index (χ1) is 9.01. The van der Waals surface area contributed by atoms with Crippen LogP contribution in [0, 0.1) is 0 Å². The van der Waals surface area contributed by atoms with E-state index in [9.17, 15) is 15.0 Å². The minimum absolute atomic E-state index is 0.0476. The van der Waals surface area contributed by atoms with Crippen LogP contribution in [-0.4, -0.2) is 25.9 Å². The number of nitrogens with two attached hydrogens (primary N) is 1. The van der Waals surface area contributed by atoms with E-state index in [0.29, 0.717) is 11.4 Å². The second kappa shape index (κ2) is 4.99. The Morgan fingerprint density at radius 2 is 2.21 bits per heavy atom. The number of aryl methyl sites for hydroxylation is 1. The summed E-state index contributed by atoms with van der Waals surface area (Å²) in [6.45, 7) is 0.241. The van der Waals surface area contributed by atoms with Gasteiger partial charge in [0.2, 0.25) is 0 Å². The molecule has 7 nitrogen and oxygen atoms in total.